The van der Waals surface area contributed by atoms with Crippen molar-refractivity contribution < 1.29 is 33.7 Å². The first-order chi connectivity index (χ1) is 20.8. The predicted octanol–water partition coefficient (Wildman–Crippen LogP) is 4.54. The first kappa shape index (κ1) is 30.2. The van der Waals surface area contributed by atoms with Crippen molar-refractivity contribution >= 4 is 35.5 Å². The van der Waals surface area contributed by atoms with Gasteiger partial charge in [0.2, 0.25) is 0 Å². The second-order valence-electron chi connectivity index (χ2n) is 9.06. The smallest absolute Gasteiger partial charge is 0.338 e. The van der Waals surface area contributed by atoms with Crippen molar-refractivity contribution in [3.8, 4) is 17.2 Å². The zero-order valence-electron chi connectivity index (χ0n) is 23.7. The van der Waals surface area contributed by atoms with Crippen LogP contribution >= 0.6 is 0 Å². The van der Waals surface area contributed by atoms with Crippen molar-refractivity contribution in [2.75, 3.05) is 20.3 Å². The fourth-order valence-corrected chi connectivity index (χ4v) is 4.07. The lowest BCUT2D eigenvalue weighted by molar-refractivity contribution is -0.139. The molecule has 4 N–H and O–H groups in total. The molecule has 0 fully saturated rings. The summed E-state index contributed by atoms with van der Waals surface area (Å²) >= 11 is 0. The molecule has 43 heavy (non-hydrogen) atoms. The van der Waals surface area contributed by atoms with Crippen LogP contribution in [0.25, 0.3) is 0 Å². The van der Waals surface area contributed by atoms with Crippen LogP contribution in [-0.2, 0) is 14.3 Å². The molecular formula is C30H30N6O7. The highest BCUT2D eigenvalue weighted by Gasteiger charge is 2.32. The van der Waals surface area contributed by atoms with Gasteiger partial charge in [-0.2, -0.15) is 15.3 Å². The van der Waals surface area contributed by atoms with Crippen LogP contribution in [-0.4, -0.2) is 49.6 Å². The summed E-state index contributed by atoms with van der Waals surface area (Å²) in [6.07, 6.45) is 1.27. The molecule has 3 aromatic carbocycles. The molecule has 222 valence electrons. The molecule has 4 rings (SSSR count). The van der Waals surface area contributed by atoms with Crippen molar-refractivity contribution in [1.29, 1.82) is 0 Å². The molecule has 1 aliphatic rings. The van der Waals surface area contributed by atoms with E-state index < -0.39 is 30.6 Å². The third kappa shape index (κ3) is 7.94. The number of hydrogen-bond donors (Lipinski definition) is 4. The number of rotatable bonds is 11. The number of urea groups is 1. The van der Waals surface area contributed by atoms with E-state index in [4.69, 9.17) is 14.2 Å². The molecule has 13 nitrogen and oxygen atoms in total. The molecule has 1 atom stereocenters. The molecule has 0 bridgehead atoms. The molecule has 0 saturated carbocycles. The second kappa shape index (κ2) is 14.3. The standard InChI is InChI=1S/C30H30N6O7/c1-4-42-29(39)27-18(2)32-30(40)33-28(27)19-10-13-24(25(15-19)41-3)43-17-26(38)36-31-16-20-14-22(11-12-23(20)37)35-34-21-8-6-5-7-9-21/h5-16,28,37H,4,17H2,1-3H3,(H,36,38)(H2,32,33,40)/b31-16-,35-34?/t28-/m0/s1. The number of nitrogens with one attached hydrogen (secondary N) is 3. The van der Waals surface area contributed by atoms with Crippen LogP contribution in [0.15, 0.2) is 93.3 Å². The van der Waals surface area contributed by atoms with Gasteiger partial charge in [0.1, 0.15) is 5.75 Å². The normalized spacial score (nSPS) is 14.8. The minimum absolute atomic E-state index is 0.0566. The van der Waals surface area contributed by atoms with Crippen LogP contribution in [0.3, 0.4) is 0 Å². The van der Waals surface area contributed by atoms with E-state index in [0.717, 1.165) is 0 Å². The average Bonchev–Trinajstić information content (AvgIpc) is 3.00. The molecule has 0 radical (unpaired) electrons. The maximum atomic E-state index is 12.6. The van der Waals surface area contributed by atoms with Crippen LogP contribution in [0.2, 0.25) is 0 Å². The lowest BCUT2D eigenvalue weighted by Crippen LogP contribution is -2.45. The van der Waals surface area contributed by atoms with E-state index in [9.17, 15) is 19.5 Å². The molecule has 0 unspecified atom stereocenters. The fourth-order valence-electron chi connectivity index (χ4n) is 4.07. The van der Waals surface area contributed by atoms with E-state index in [-0.39, 0.29) is 29.4 Å². The molecule has 3 amide bonds. The van der Waals surface area contributed by atoms with Crippen molar-refractivity contribution in [2.24, 2.45) is 15.3 Å². The van der Waals surface area contributed by atoms with Gasteiger partial charge in [0.25, 0.3) is 5.91 Å². The van der Waals surface area contributed by atoms with Gasteiger partial charge >= 0.3 is 12.0 Å². The van der Waals surface area contributed by atoms with Gasteiger partial charge in [-0.15, -0.1) is 0 Å². The third-order valence-corrected chi connectivity index (χ3v) is 6.09. The van der Waals surface area contributed by atoms with E-state index >= 15 is 0 Å². The van der Waals surface area contributed by atoms with Crippen LogP contribution in [0, 0.1) is 0 Å². The number of aromatic hydroxyl groups is 1. The number of nitrogens with zero attached hydrogens (tertiary/aromatic N) is 3. The largest absolute Gasteiger partial charge is 0.507 e. The van der Waals surface area contributed by atoms with Crippen molar-refractivity contribution in [3.63, 3.8) is 0 Å². The topological polar surface area (TPSA) is 172 Å². The van der Waals surface area contributed by atoms with Gasteiger partial charge in [-0.05, 0) is 61.9 Å². The quantitative estimate of drug-likeness (QED) is 0.111. The number of esters is 1. The molecule has 0 saturated heterocycles. The van der Waals surface area contributed by atoms with Gasteiger partial charge in [-0.1, -0.05) is 24.3 Å². The number of hydrogen-bond acceptors (Lipinski definition) is 10. The van der Waals surface area contributed by atoms with Gasteiger partial charge in [0.05, 0.1) is 42.9 Å². The fraction of sp³-hybridized carbons (Fsp3) is 0.200. The molecule has 0 aliphatic carbocycles. The van der Waals surface area contributed by atoms with Gasteiger partial charge in [0, 0.05) is 11.3 Å². The highest BCUT2D eigenvalue weighted by atomic mass is 16.5. The van der Waals surface area contributed by atoms with Crippen molar-refractivity contribution in [3.05, 3.63) is 89.1 Å². The number of methoxy groups -OCH3 is 1. The lowest BCUT2D eigenvalue weighted by atomic mass is 9.95. The Morgan fingerprint density at radius 1 is 1.02 bits per heavy atom. The third-order valence-electron chi connectivity index (χ3n) is 6.09. The number of hydrazone groups is 1. The summed E-state index contributed by atoms with van der Waals surface area (Å²) in [6.45, 7) is 3.08. The second-order valence-corrected chi connectivity index (χ2v) is 9.06. The number of azo groups is 1. The van der Waals surface area contributed by atoms with E-state index in [1.807, 2.05) is 30.3 Å². The Morgan fingerprint density at radius 2 is 1.79 bits per heavy atom. The van der Waals surface area contributed by atoms with Crippen LogP contribution in [0.5, 0.6) is 17.2 Å². The first-order valence-electron chi connectivity index (χ1n) is 13.2. The SMILES string of the molecule is CCOC(=O)C1=C(C)NC(=O)N[C@H]1c1ccc(OCC(=O)N/N=C\c2cc(N=Nc3ccccc3)ccc2O)c(OC)c1. The van der Waals surface area contributed by atoms with Crippen molar-refractivity contribution in [1.82, 2.24) is 16.1 Å². The molecule has 1 heterocycles. The zero-order valence-corrected chi connectivity index (χ0v) is 23.7. The van der Waals surface area contributed by atoms with Crippen molar-refractivity contribution in [2.45, 2.75) is 19.9 Å². The number of carbonyl (C=O) groups is 3. The first-order valence-corrected chi connectivity index (χ1v) is 13.2. The minimum Gasteiger partial charge on any atom is -0.507 e. The minimum atomic E-state index is -0.789. The highest BCUT2D eigenvalue weighted by molar-refractivity contribution is 5.95. The Morgan fingerprint density at radius 3 is 2.53 bits per heavy atom. The molecule has 3 aromatic rings. The van der Waals surface area contributed by atoms with E-state index in [1.165, 1.54) is 19.4 Å². The number of phenols is 1. The summed E-state index contributed by atoms with van der Waals surface area (Å²) in [5, 5.41) is 27.6. The molecule has 0 spiro atoms. The number of amides is 3. The Hall–Kier alpha value is -5.72. The van der Waals surface area contributed by atoms with E-state index in [0.29, 0.717) is 28.2 Å². The Kier molecular flexibility index (Phi) is 10.0. The molecule has 13 heteroatoms. The number of carbonyl (C=O) groups excluding carboxylic acids is 3. The molecule has 0 aromatic heterocycles. The number of benzene rings is 3. The summed E-state index contributed by atoms with van der Waals surface area (Å²) in [5.74, 6) is -0.674. The summed E-state index contributed by atoms with van der Waals surface area (Å²) in [5.41, 5.74) is 4.99. The van der Waals surface area contributed by atoms with Gasteiger partial charge in [0.15, 0.2) is 18.1 Å². The number of ether oxygens (including phenoxy) is 3. The summed E-state index contributed by atoms with van der Waals surface area (Å²) in [6, 6.07) is 17.3. The Labute approximate surface area is 247 Å². The summed E-state index contributed by atoms with van der Waals surface area (Å²) in [4.78, 5) is 37.1. The number of allylic oxidation sites excluding steroid dienone is 1. The van der Waals surface area contributed by atoms with Crippen LogP contribution < -0.4 is 25.5 Å². The Bertz CT molecular complexity index is 1590. The molecule has 1 aliphatic heterocycles. The van der Waals surface area contributed by atoms with E-state index in [1.54, 1.807) is 44.2 Å². The maximum absolute atomic E-state index is 12.6. The summed E-state index contributed by atoms with van der Waals surface area (Å²) < 4.78 is 16.2. The van der Waals surface area contributed by atoms with Gasteiger partial charge in [-0.3, -0.25) is 4.79 Å². The maximum Gasteiger partial charge on any atom is 0.338 e. The van der Waals surface area contributed by atoms with E-state index in [2.05, 4.69) is 31.4 Å². The van der Waals surface area contributed by atoms with Crippen LogP contribution in [0.4, 0.5) is 16.2 Å². The Balaban J connectivity index is 1.39. The number of phenolic OH excluding ortho intramolecular Hbond substituents is 1. The van der Waals surface area contributed by atoms with Gasteiger partial charge in [-0.25, -0.2) is 15.0 Å². The highest BCUT2D eigenvalue weighted by Crippen LogP contribution is 2.34. The zero-order chi connectivity index (χ0) is 30.8. The predicted molar refractivity (Wildman–Crippen MR) is 157 cm³/mol. The monoisotopic (exact) mass is 586 g/mol. The van der Waals surface area contributed by atoms with Crippen LogP contribution in [0.1, 0.15) is 31.0 Å². The molecular weight excluding hydrogens is 556 g/mol. The lowest BCUT2D eigenvalue weighted by Gasteiger charge is -2.28. The average molecular weight is 587 g/mol. The summed E-state index contributed by atoms with van der Waals surface area (Å²) in [7, 11) is 1.42. The van der Waals surface area contributed by atoms with Gasteiger partial charge < -0.3 is 30.0 Å².